The fraction of sp³-hybridized carbons (Fsp3) is 1.00. The van der Waals surface area contributed by atoms with Gasteiger partial charge in [-0.15, -0.1) is 0 Å². The Kier molecular flexibility index (Phi) is 8.81. The summed E-state index contributed by atoms with van der Waals surface area (Å²) >= 11 is 0. The zero-order valence-corrected chi connectivity index (χ0v) is 18.1. The van der Waals surface area contributed by atoms with Gasteiger partial charge in [-0.25, -0.2) is 0 Å². The van der Waals surface area contributed by atoms with Gasteiger partial charge in [0.2, 0.25) is 0 Å². The second-order valence-corrected chi connectivity index (χ2v) is 8.75. The summed E-state index contributed by atoms with van der Waals surface area (Å²) in [7, 11) is 4.07. The van der Waals surface area contributed by atoms with Crippen molar-refractivity contribution in [1.29, 1.82) is 0 Å². The molecule has 154 valence electrons. The van der Waals surface area contributed by atoms with Crippen molar-refractivity contribution in [3.05, 3.63) is 0 Å². The van der Waals surface area contributed by atoms with E-state index in [-0.39, 0.29) is 18.3 Å². The Bertz CT molecular complexity index is 405. The van der Waals surface area contributed by atoms with Crippen LogP contribution < -0.4 is 0 Å². The van der Waals surface area contributed by atoms with Crippen LogP contribution in [0.3, 0.4) is 0 Å². The number of ether oxygens (including phenoxy) is 3. The molecule has 0 saturated carbocycles. The van der Waals surface area contributed by atoms with Crippen LogP contribution >= 0.6 is 0 Å². The van der Waals surface area contributed by atoms with Crippen LogP contribution in [0.2, 0.25) is 0 Å². The number of hydrogen-bond acceptors (Lipinski definition) is 5. The summed E-state index contributed by atoms with van der Waals surface area (Å²) in [6.45, 7) is 14.0. The molecule has 2 heterocycles. The van der Waals surface area contributed by atoms with Gasteiger partial charge in [-0.05, 0) is 73.9 Å². The van der Waals surface area contributed by atoms with E-state index in [2.05, 4.69) is 51.5 Å². The number of hydrogen-bond donors (Lipinski definition) is 0. The molecule has 5 atom stereocenters. The van der Waals surface area contributed by atoms with Crippen LogP contribution in [0.15, 0.2) is 0 Å². The van der Waals surface area contributed by atoms with E-state index in [4.69, 9.17) is 14.2 Å². The molecule has 5 nitrogen and oxygen atoms in total. The SMILES string of the molecule is CO[C@H]1C[C@@H]([C@H](C)OC(C)C)N(CC[C@H](OC(C)C)[C@@H]2CCCN2C)C1. The van der Waals surface area contributed by atoms with Crippen molar-refractivity contribution in [2.45, 2.75) is 103 Å². The summed E-state index contributed by atoms with van der Waals surface area (Å²) in [6.07, 6.45) is 6.08. The molecule has 0 unspecified atom stereocenters. The lowest BCUT2D eigenvalue weighted by atomic mass is 10.0. The van der Waals surface area contributed by atoms with E-state index in [0.29, 0.717) is 24.3 Å². The van der Waals surface area contributed by atoms with Crippen molar-refractivity contribution in [2.24, 2.45) is 0 Å². The van der Waals surface area contributed by atoms with Gasteiger partial charge in [0.05, 0.1) is 30.5 Å². The van der Waals surface area contributed by atoms with Crippen molar-refractivity contribution < 1.29 is 14.2 Å². The van der Waals surface area contributed by atoms with Gasteiger partial charge in [0.1, 0.15) is 0 Å². The number of likely N-dealkylation sites (tertiary alicyclic amines) is 2. The maximum absolute atomic E-state index is 6.35. The molecule has 2 saturated heterocycles. The largest absolute Gasteiger partial charge is 0.380 e. The summed E-state index contributed by atoms with van der Waals surface area (Å²) < 4.78 is 18.1. The van der Waals surface area contributed by atoms with Gasteiger partial charge in [-0.1, -0.05) is 0 Å². The van der Waals surface area contributed by atoms with Crippen LogP contribution in [-0.4, -0.2) is 86.2 Å². The van der Waals surface area contributed by atoms with Gasteiger partial charge < -0.3 is 19.1 Å². The quantitative estimate of drug-likeness (QED) is 0.590. The van der Waals surface area contributed by atoms with Gasteiger partial charge in [0.15, 0.2) is 0 Å². The van der Waals surface area contributed by atoms with Crippen molar-refractivity contribution >= 4 is 0 Å². The van der Waals surface area contributed by atoms with Crippen molar-refractivity contribution in [1.82, 2.24) is 9.80 Å². The second-order valence-electron chi connectivity index (χ2n) is 8.75. The lowest BCUT2D eigenvalue weighted by molar-refractivity contribution is -0.0497. The number of rotatable bonds is 10. The molecular weight excluding hydrogens is 328 g/mol. The predicted octanol–water partition coefficient (Wildman–Crippen LogP) is 3.17. The molecule has 2 rings (SSSR count). The average Bonchev–Trinajstić information content (AvgIpc) is 3.16. The third kappa shape index (κ3) is 6.16. The van der Waals surface area contributed by atoms with E-state index in [1.807, 2.05) is 7.11 Å². The van der Waals surface area contributed by atoms with Crippen LogP contribution in [0, 0.1) is 0 Å². The first kappa shape index (κ1) is 22.1. The Morgan fingerprint density at radius 1 is 1.00 bits per heavy atom. The first-order chi connectivity index (χ1) is 12.3. The van der Waals surface area contributed by atoms with Crippen LogP contribution in [-0.2, 0) is 14.2 Å². The van der Waals surface area contributed by atoms with Crippen molar-refractivity contribution in [3.63, 3.8) is 0 Å². The summed E-state index contributed by atoms with van der Waals surface area (Å²) in [5, 5.41) is 0. The molecular formula is C21H42N2O3. The zero-order valence-electron chi connectivity index (χ0n) is 18.1. The molecule has 2 aliphatic rings. The Balaban J connectivity index is 1.97. The zero-order chi connectivity index (χ0) is 19.3. The van der Waals surface area contributed by atoms with Crippen molar-refractivity contribution in [2.75, 3.05) is 33.8 Å². The van der Waals surface area contributed by atoms with Crippen LogP contribution in [0.25, 0.3) is 0 Å². The van der Waals surface area contributed by atoms with Gasteiger partial charge in [-0.2, -0.15) is 0 Å². The van der Waals surface area contributed by atoms with E-state index in [1.165, 1.54) is 19.4 Å². The van der Waals surface area contributed by atoms with Gasteiger partial charge in [0.25, 0.3) is 0 Å². The maximum atomic E-state index is 6.35. The van der Waals surface area contributed by atoms with E-state index in [9.17, 15) is 0 Å². The Hall–Kier alpha value is -0.200. The third-order valence-corrected chi connectivity index (χ3v) is 5.93. The lowest BCUT2D eigenvalue weighted by Crippen LogP contribution is -2.44. The highest BCUT2D eigenvalue weighted by Gasteiger charge is 2.38. The molecule has 5 heteroatoms. The van der Waals surface area contributed by atoms with Gasteiger partial charge in [-0.3, -0.25) is 4.90 Å². The summed E-state index contributed by atoms with van der Waals surface area (Å²) in [5.41, 5.74) is 0. The molecule has 0 bridgehead atoms. The maximum Gasteiger partial charge on any atom is 0.0745 e. The molecule has 26 heavy (non-hydrogen) atoms. The Morgan fingerprint density at radius 2 is 1.69 bits per heavy atom. The minimum atomic E-state index is 0.230. The molecule has 2 aliphatic heterocycles. The van der Waals surface area contributed by atoms with E-state index >= 15 is 0 Å². The minimum absolute atomic E-state index is 0.230. The fourth-order valence-electron chi connectivity index (χ4n) is 4.73. The van der Waals surface area contributed by atoms with Gasteiger partial charge in [0, 0.05) is 32.3 Å². The van der Waals surface area contributed by atoms with Crippen molar-refractivity contribution in [3.8, 4) is 0 Å². The summed E-state index contributed by atoms with van der Waals surface area (Å²) in [4.78, 5) is 5.06. The van der Waals surface area contributed by atoms with E-state index < -0.39 is 0 Å². The standard InChI is InChI=1S/C21H42N2O3/c1-15(2)25-17(5)20-13-18(24-7)14-23(20)12-10-21(26-16(3)4)19-9-8-11-22(19)6/h15-21H,8-14H2,1-7H3/t17-,18-,19-,20-,21-/m0/s1. The van der Waals surface area contributed by atoms with E-state index in [0.717, 1.165) is 25.9 Å². The highest BCUT2D eigenvalue weighted by Crippen LogP contribution is 2.28. The van der Waals surface area contributed by atoms with Gasteiger partial charge >= 0.3 is 0 Å². The molecule has 0 aliphatic carbocycles. The Labute approximate surface area is 161 Å². The first-order valence-electron chi connectivity index (χ1n) is 10.6. The Morgan fingerprint density at radius 3 is 2.23 bits per heavy atom. The van der Waals surface area contributed by atoms with Crippen LogP contribution in [0.4, 0.5) is 0 Å². The number of likely N-dealkylation sites (N-methyl/N-ethyl adjacent to an activating group) is 1. The second kappa shape index (κ2) is 10.4. The molecule has 0 N–H and O–H groups in total. The first-order valence-corrected chi connectivity index (χ1v) is 10.6. The normalized spacial score (nSPS) is 30.6. The number of methoxy groups -OCH3 is 1. The van der Waals surface area contributed by atoms with Crippen LogP contribution in [0.1, 0.15) is 60.3 Å². The topological polar surface area (TPSA) is 34.2 Å². The smallest absolute Gasteiger partial charge is 0.0745 e. The highest BCUT2D eigenvalue weighted by atomic mass is 16.5. The third-order valence-electron chi connectivity index (χ3n) is 5.93. The molecule has 0 aromatic rings. The molecule has 2 fully saturated rings. The predicted molar refractivity (Wildman–Crippen MR) is 107 cm³/mol. The molecule has 0 aromatic carbocycles. The van der Waals surface area contributed by atoms with E-state index in [1.54, 1.807) is 0 Å². The lowest BCUT2D eigenvalue weighted by Gasteiger charge is -2.34. The number of nitrogens with zero attached hydrogens (tertiary/aromatic N) is 2. The highest BCUT2D eigenvalue weighted by molar-refractivity contribution is 4.92. The molecule has 0 spiro atoms. The fourth-order valence-corrected chi connectivity index (χ4v) is 4.73. The average molecular weight is 371 g/mol. The molecule has 0 radical (unpaired) electrons. The van der Waals surface area contributed by atoms with Crippen LogP contribution in [0.5, 0.6) is 0 Å². The minimum Gasteiger partial charge on any atom is -0.380 e. The molecule has 0 amide bonds. The summed E-state index contributed by atoms with van der Waals surface area (Å²) in [5.74, 6) is 0. The summed E-state index contributed by atoms with van der Waals surface area (Å²) in [6, 6.07) is 0.990. The monoisotopic (exact) mass is 370 g/mol. The molecule has 0 aromatic heterocycles.